The van der Waals surface area contributed by atoms with Gasteiger partial charge in [-0.2, -0.15) is 0 Å². The molecule has 0 spiro atoms. The molecule has 1 saturated heterocycles. The second-order valence-corrected chi connectivity index (χ2v) is 7.57. The minimum absolute atomic E-state index is 0.0788. The molecule has 8 heteroatoms. The summed E-state index contributed by atoms with van der Waals surface area (Å²) in [5.41, 5.74) is 0.380. The number of fused-ring (bicyclic) bond motifs is 1. The lowest BCUT2D eigenvalue weighted by atomic mass is 10.2. The predicted molar refractivity (Wildman–Crippen MR) is 90.9 cm³/mol. The van der Waals surface area contributed by atoms with Crippen molar-refractivity contribution < 1.29 is 18.6 Å². The molecule has 0 amide bonds. The van der Waals surface area contributed by atoms with E-state index in [1.165, 1.54) is 6.07 Å². The average Bonchev–Trinajstić information content (AvgIpc) is 3.14. The van der Waals surface area contributed by atoms with Crippen LogP contribution < -0.4 is 14.2 Å². The Bertz CT molecular complexity index is 770. The van der Waals surface area contributed by atoms with Crippen molar-refractivity contribution >= 4 is 11.3 Å². The molecule has 6 nitrogen and oxygen atoms in total. The number of hydrogen-bond acceptors (Lipinski definition) is 7. The predicted octanol–water partition coefficient (Wildman–Crippen LogP) is 2.80. The van der Waals surface area contributed by atoms with Crippen molar-refractivity contribution in [1.29, 1.82) is 0 Å². The number of aromatic nitrogens is 2. The van der Waals surface area contributed by atoms with Gasteiger partial charge in [-0.15, -0.1) is 0 Å². The van der Waals surface area contributed by atoms with E-state index in [0.717, 1.165) is 23.0 Å². The number of hydrogen-bond donors (Lipinski definition) is 0. The number of thiazole rings is 1. The summed E-state index contributed by atoms with van der Waals surface area (Å²) in [7, 11) is 0. The van der Waals surface area contributed by atoms with E-state index in [1.54, 1.807) is 17.5 Å². The van der Waals surface area contributed by atoms with E-state index < -0.39 is 0 Å². The molecule has 25 heavy (non-hydrogen) atoms. The fourth-order valence-corrected chi connectivity index (χ4v) is 3.89. The Hall–Kier alpha value is -1.93. The Morgan fingerprint density at radius 3 is 3.04 bits per heavy atom. The second-order valence-electron chi connectivity index (χ2n) is 6.37. The van der Waals surface area contributed by atoms with Crippen molar-refractivity contribution in [2.75, 3.05) is 19.8 Å². The molecule has 0 aliphatic carbocycles. The van der Waals surface area contributed by atoms with Crippen LogP contribution in [0.1, 0.15) is 24.0 Å². The van der Waals surface area contributed by atoms with Crippen LogP contribution in [0.4, 0.5) is 4.39 Å². The highest BCUT2D eigenvalue weighted by atomic mass is 32.1. The van der Waals surface area contributed by atoms with E-state index in [2.05, 4.69) is 21.8 Å². The first-order chi connectivity index (χ1) is 12.1. The number of nitrogens with zero attached hydrogens (tertiary/aromatic N) is 3. The number of rotatable bonds is 4. The molecule has 0 aromatic carbocycles. The third-order valence-corrected chi connectivity index (χ3v) is 5.27. The molecule has 0 unspecified atom stereocenters. The summed E-state index contributed by atoms with van der Waals surface area (Å²) in [6, 6.07) is 1.65. The van der Waals surface area contributed by atoms with Gasteiger partial charge in [0, 0.05) is 31.6 Å². The number of pyridine rings is 1. The fourth-order valence-electron chi connectivity index (χ4n) is 3.20. The Balaban J connectivity index is 1.44. The van der Waals surface area contributed by atoms with Gasteiger partial charge in [-0.05, 0) is 13.8 Å². The highest BCUT2D eigenvalue weighted by Gasteiger charge is 2.32. The summed E-state index contributed by atoms with van der Waals surface area (Å²) in [5, 5.41) is 1.82. The van der Waals surface area contributed by atoms with Crippen LogP contribution in [-0.2, 0) is 6.54 Å². The lowest BCUT2D eigenvalue weighted by Crippen LogP contribution is -2.29. The Morgan fingerprint density at radius 1 is 1.40 bits per heavy atom. The zero-order chi connectivity index (χ0) is 17.4. The molecule has 2 atom stereocenters. The molecule has 4 rings (SSSR count). The smallest absolute Gasteiger partial charge is 0.257 e. The Labute approximate surface area is 149 Å². The molecule has 0 saturated carbocycles. The maximum absolute atomic E-state index is 14.3. The third-order valence-electron chi connectivity index (χ3n) is 4.46. The summed E-state index contributed by atoms with van der Waals surface area (Å²) < 4.78 is 31.2. The first-order valence-electron chi connectivity index (χ1n) is 8.36. The van der Waals surface area contributed by atoms with Gasteiger partial charge < -0.3 is 14.2 Å². The quantitative estimate of drug-likeness (QED) is 0.830. The van der Waals surface area contributed by atoms with E-state index in [4.69, 9.17) is 14.2 Å². The van der Waals surface area contributed by atoms with Crippen LogP contribution in [0.25, 0.3) is 0 Å². The van der Waals surface area contributed by atoms with Crippen molar-refractivity contribution in [3.63, 3.8) is 0 Å². The highest BCUT2D eigenvalue weighted by Crippen LogP contribution is 2.32. The van der Waals surface area contributed by atoms with E-state index in [1.807, 2.05) is 6.92 Å². The van der Waals surface area contributed by atoms with Gasteiger partial charge >= 0.3 is 0 Å². The topological polar surface area (TPSA) is 56.7 Å². The summed E-state index contributed by atoms with van der Waals surface area (Å²) in [6.07, 6.45) is 2.73. The van der Waals surface area contributed by atoms with Crippen LogP contribution in [0.3, 0.4) is 0 Å². The summed E-state index contributed by atoms with van der Waals surface area (Å²) in [5.74, 6) is 0.394. The van der Waals surface area contributed by atoms with Gasteiger partial charge in [-0.25, -0.2) is 14.4 Å². The number of aryl methyl sites for hydroxylation is 1. The molecule has 2 aromatic heterocycles. The summed E-state index contributed by atoms with van der Waals surface area (Å²) in [6.45, 7) is 6.09. The normalized spacial score (nSPS) is 23.0. The monoisotopic (exact) mass is 365 g/mol. The third kappa shape index (κ3) is 3.55. The van der Waals surface area contributed by atoms with Crippen molar-refractivity contribution in [3.8, 4) is 16.7 Å². The number of halogens is 1. The molecular weight excluding hydrogens is 345 g/mol. The molecule has 0 N–H and O–H groups in total. The fraction of sp³-hybridized carbons (Fsp3) is 0.529. The van der Waals surface area contributed by atoms with Gasteiger partial charge in [0.1, 0.15) is 25.1 Å². The average molecular weight is 365 g/mol. The van der Waals surface area contributed by atoms with Crippen LogP contribution in [0.15, 0.2) is 12.3 Å². The molecule has 4 heterocycles. The van der Waals surface area contributed by atoms with Gasteiger partial charge in [0.05, 0.1) is 16.9 Å². The van der Waals surface area contributed by atoms with E-state index in [-0.39, 0.29) is 18.0 Å². The number of likely N-dealkylation sites (tertiary alicyclic amines) is 1. The second kappa shape index (κ2) is 6.76. The molecule has 0 radical (unpaired) electrons. The first kappa shape index (κ1) is 16.5. The maximum atomic E-state index is 14.3. The van der Waals surface area contributed by atoms with Crippen molar-refractivity contribution in [1.82, 2.24) is 14.9 Å². The lowest BCUT2D eigenvalue weighted by molar-refractivity contribution is 0.160. The standard InChI is InChI=1S/C17H20FN3O3S/c1-10-5-12(24-16-7-19-11(2)25-16)8-21(10)9-14-13(18)6-15-17(20-14)23-4-3-22-15/h6-7,10,12H,3-5,8-9H2,1-2H3/t10-,12+/m0/s1. The molecule has 2 aliphatic rings. The van der Waals surface area contributed by atoms with Crippen LogP contribution in [-0.4, -0.2) is 46.8 Å². The Morgan fingerprint density at radius 2 is 2.24 bits per heavy atom. The molecule has 134 valence electrons. The van der Waals surface area contributed by atoms with Crippen molar-refractivity contribution in [2.24, 2.45) is 0 Å². The van der Waals surface area contributed by atoms with Gasteiger partial charge in [0.2, 0.25) is 0 Å². The van der Waals surface area contributed by atoms with Gasteiger partial charge in [0.15, 0.2) is 10.8 Å². The van der Waals surface area contributed by atoms with E-state index in [0.29, 0.717) is 37.1 Å². The minimum Gasteiger partial charge on any atom is -0.484 e. The largest absolute Gasteiger partial charge is 0.484 e. The van der Waals surface area contributed by atoms with Crippen molar-refractivity contribution in [2.45, 2.75) is 39.0 Å². The van der Waals surface area contributed by atoms with E-state index in [9.17, 15) is 4.39 Å². The summed E-state index contributed by atoms with van der Waals surface area (Å²) >= 11 is 1.54. The van der Waals surface area contributed by atoms with Crippen molar-refractivity contribution in [3.05, 3.63) is 28.8 Å². The first-order valence-corrected chi connectivity index (χ1v) is 9.18. The molecular formula is C17H20FN3O3S. The van der Waals surface area contributed by atoms with Crippen LogP contribution in [0, 0.1) is 12.7 Å². The SMILES string of the molecule is Cc1ncc(O[C@@H]2C[C@H](C)N(Cc3nc4c(cc3F)OCCO4)C2)s1. The maximum Gasteiger partial charge on any atom is 0.257 e. The molecule has 2 aliphatic heterocycles. The highest BCUT2D eigenvalue weighted by molar-refractivity contribution is 7.13. The zero-order valence-corrected chi connectivity index (χ0v) is 15.0. The summed E-state index contributed by atoms with van der Waals surface area (Å²) in [4.78, 5) is 10.7. The van der Waals surface area contributed by atoms with Gasteiger partial charge in [-0.3, -0.25) is 4.90 Å². The Kier molecular flexibility index (Phi) is 4.47. The van der Waals surface area contributed by atoms with Crippen LogP contribution >= 0.6 is 11.3 Å². The zero-order valence-electron chi connectivity index (χ0n) is 14.2. The van der Waals surface area contributed by atoms with Gasteiger partial charge in [-0.1, -0.05) is 11.3 Å². The van der Waals surface area contributed by atoms with Crippen LogP contribution in [0.2, 0.25) is 0 Å². The van der Waals surface area contributed by atoms with Crippen LogP contribution in [0.5, 0.6) is 16.7 Å². The molecule has 0 bridgehead atoms. The lowest BCUT2D eigenvalue weighted by Gasteiger charge is -2.22. The van der Waals surface area contributed by atoms with E-state index >= 15 is 0 Å². The number of ether oxygens (including phenoxy) is 3. The molecule has 2 aromatic rings. The molecule has 1 fully saturated rings. The minimum atomic E-state index is -0.362. The van der Waals surface area contributed by atoms with Gasteiger partial charge in [0.25, 0.3) is 5.88 Å².